The Bertz CT molecular complexity index is 183. The van der Waals surface area contributed by atoms with Gasteiger partial charge in [0.2, 0.25) is 0 Å². The third kappa shape index (κ3) is 1.59. The summed E-state index contributed by atoms with van der Waals surface area (Å²) < 4.78 is 0. The normalized spacial score (nSPS) is 19.8. The van der Waals surface area contributed by atoms with Gasteiger partial charge in [-0.05, 0) is 12.3 Å². The summed E-state index contributed by atoms with van der Waals surface area (Å²) in [5, 5.41) is 18.1. The first-order chi connectivity index (χ1) is 5.14. The zero-order valence-corrected chi connectivity index (χ0v) is 7.96. The number of rotatable bonds is 2. The van der Waals surface area contributed by atoms with Crippen LogP contribution in [0.1, 0.15) is 27.7 Å². The van der Waals surface area contributed by atoms with Crippen molar-refractivity contribution in [3.63, 3.8) is 0 Å². The van der Waals surface area contributed by atoms with E-state index in [0.29, 0.717) is 0 Å². The molecule has 72 valence electrons. The molecule has 0 aliphatic heterocycles. The van der Waals surface area contributed by atoms with Crippen molar-refractivity contribution in [3.05, 3.63) is 0 Å². The van der Waals surface area contributed by atoms with E-state index in [2.05, 4.69) is 0 Å². The van der Waals surface area contributed by atoms with Gasteiger partial charge in [0, 0.05) is 0 Å². The average molecular weight is 175 g/mol. The molecule has 0 bridgehead atoms. The summed E-state index contributed by atoms with van der Waals surface area (Å²) in [6.45, 7) is 6.45. The van der Waals surface area contributed by atoms with Crippen LogP contribution in [0.4, 0.5) is 0 Å². The lowest BCUT2D eigenvalue weighted by molar-refractivity contribution is -0.153. The maximum absolute atomic E-state index is 10.8. The fraction of sp³-hybridized carbons (Fsp3) is 0.875. The molecule has 0 heterocycles. The van der Waals surface area contributed by atoms with E-state index < -0.39 is 23.0 Å². The highest BCUT2D eigenvalue weighted by Gasteiger charge is 2.49. The number of aliphatic hydroxyl groups excluding tert-OH is 1. The predicted molar refractivity (Wildman–Crippen MR) is 45.7 cm³/mol. The molecule has 4 nitrogen and oxygen atoms in total. The fourth-order valence-electron chi connectivity index (χ4n) is 1.13. The number of aliphatic carboxylic acids is 1. The van der Waals surface area contributed by atoms with Gasteiger partial charge < -0.3 is 15.9 Å². The molecule has 0 unspecified atom stereocenters. The first-order valence-corrected chi connectivity index (χ1v) is 3.84. The van der Waals surface area contributed by atoms with Crippen molar-refractivity contribution >= 4 is 5.97 Å². The quantitative estimate of drug-likeness (QED) is 0.559. The molecule has 4 N–H and O–H groups in total. The van der Waals surface area contributed by atoms with Crippen molar-refractivity contribution < 1.29 is 15.0 Å². The van der Waals surface area contributed by atoms with Crippen LogP contribution in [0.15, 0.2) is 0 Å². The zero-order valence-electron chi connectivity index (χ0n) is 7.96. The molecule has 0 aromatic rings. The Morgan fingerprint density at radius 2 is 1.75 bits per heavy atom. The fourth-order valence-corrected chi connectivity index (χ4v) is 1.13. The molecule has 4 heteroatoms. The first kappa shape index (κ1) is 11.4. The minimum atomic E-state index is -1.59. The highest BCUT2D eigenvalue weighted by molar-refractivity contribution is 5.80. The van der Waals surface area contributed by atoms with Gasteiger partial charge in [-0.15, -0.1) is 0 Å². The summed E-state index contributed by atoms with van der Waals surface area (Å²) in [6.07, 6.45) is -1.07. The summed E-state index contributed by atoms with van der Waals surface area (Å²) in [7, 11) is 0. The Morgan fingerprint density at radius 3 is 1.75 bits per heavy atom. The van der Waals surface area contributed by atoms with Crippen molar-refractivity contribution in [2.24, 2.45) is 11.1 Å². The summed E-state index contributed by atoms with van der Waals surface area (Å²) in [5.74, 6) is -1.18. The van der Waals surface area contributed by atoms with Gasteiger partial charge in [-0.3, -0.25) is 4.79 Å². The van der Waals surface area contributed by atoms with E-state index in [-0.39, 0.29) is 0 Å². The largest absolute Gasteiger partial charge is 0.480 e. The summed E-state index contributed by atoms with van der Waals surface area (Å²) in [4.78, 5) is 10.8. The highest BCUT2D eigenvalue weighted by Crippen LogP contribution is 2.31. The molecule has 0 amide bonds. The number of carbonyl (C=O) groups is 1. The van der Waals surface area contributed by atoms with Crippen molar-refractivity contribution in [2.45, 2.75) is 39.3 Å². The predicted octanol–water partition coefficient (Wildman–Crippen LogP) is 0.195. The van der Waals surface area contributed by atoms with Crippen molar-refractivity contribution in [1.82, 2.24) is 0 Å². The molecule has 12 heavy (non-hydrogen) atoms. The number of hydrogen-bond acceptors (Lipinski definition) is 3. The highest BCUT2D eigenvalue weighted by atomic mass is 16.4. The third-order valence-electron chi connectivity index (χ3n) is 2.25. The van der Waals surface area contributed by atoms with Crippen LogP contribution in [0.2, 0.25) is 0 Å². The second kappa shape index (κ2) is 3.03. The molecular weight excluding hydrogens is 158 g/mol. The molecule has 2 atom stereocenters. The standard InChI is InChI=1S/C8H17NO3/c1-5(10)8(9,6(11)12)7(2,3)4/h5,10H,9H2,1-4H3,(H,11,12)/t5-,8+/m0/s1. The van der Waals surface area contributed by atoms with Crippen LogP contribution in [0, 0.1) is 5.41 Å². The van der Waals surface area contributed by atoms with Crippen LogP contribution >= 0.6 is 0 Å². The SMILES string of the molecule is C[C@H](O)[C@@](N)(C(=O)O)C(C)(C)C. The van der Waals surface area contributed by atoms with Crippen molar-refractivity contribution in [1.29, 1.82) is 0 Å². The van der Waals surface area contributed by atoms with Gasteiger partial charge in [-0.2, -0.15) is 0 Å². The van der Waals surface area contributed by atoms with Crippen LogP contribution in [0.3, 0.4) is 0 Å². The van der Waals surface area contributed by atoms with Crippen molar-refractivity contribution in [2.75, 3.05) is 0 Å². The Hall–Kier alpha value is -0.610. The Kier molecular flexibility index (Phi) is 2.88. The summed E-state index contributed by atoms with van der Waals surface area (Å²) >= 11 is 0. The third-order valence-corrected chi connectivity index (χ3v) is 2.25. The first-order valence-electron chi connectivity index (χ1n) is 3.84. The molecule has 0 saturated carbocycles. The number of aliphatic hydroxyl groups is 1. The maximum atomic E-state index is 10.8. The molecule has 0 aliphatic rings. The molecule has 0 saturated heterocycles. The van der Waals surface area contributed by atoms with Crippen LogP contribution < -0.4 is 5.73 Å². The number of nitrogens with two attached hydrogens (primary N) is 1. The van der Waals surface area contributed by atoms with Gasteiger partial charge in [0.25, 0.3) is 0 Å². The molecule has 0 aromatic carbocycles. The monoisotopic (exact) mass is 175 g/mol. The lowest BCUT2D eigenvalue weighted by atomic mass is 9.71. The number of carboxylic acid groups (broad SMARTS) is 1. The van der Waals surface area contributed by atoms with Crippen LogP contribution in [0.25, 0.3) is 0 Å². The van der Waals surface area contributed by atoms with E-state index in [9.17, 15) is 9.90 Å². The lowest BCUT2D eigenvalue weighted by Gasteiger charge is -2.39. The van der Waals surface area contributed by atoms with Gasteiger partial charge in [0.1, 0.15) is 5.54 Å². The Morgan fingerprint density at radius 1 is 1.42 bits per heavy atom. The van der Waals surface area contributed by atoms with Crippen LogP contribution in [-0.2, 0) is 4.79 Å². The topological polar surface area (TPSA) is 83.5 Å². The summed E-state index contributed by atoms with van der Waals surface area (Å²) in [6, 6.07) is 0. The van der Waals surface area contributed by atoms with E-state index in [1.807, 2.05) is 0 Å². The maximum Gasteiger partial charge on any atom is 0.326 e. The molecule has 0 aliphatic carbocycles. The molecule has 0 fully saturated rings. The Balaban J connectivity index is 5.02. The van der Waals surface area contributed by atoms with E-state index >= 15 is 0 Å². The van der Waals surface area contributed by atoms with Crippen LogP contribution in [0.5, 0.6) is 0 Å². The molecular formula is C8H17NO3. The van der Waals surface area contributed by atoms with Crippen LogP contribution in [-0.4, -0.2) is 27.8 Å². The second-order valence-corrected chi connectivity index (χ2v) is 4.10. The van der Waals surface area contributed by atoms with E-state index in [0.717, 1.165) is 0 Å². The van der Waals surface area contributed by atoms with Gasteiger partial charge in [0.15, 0.2) is 0 Å². The van der Waals surface area contributed by atoms with Gasteiger partial charge >= 0.3 is 5.97 Å². The molecule has 0 aromatic heterocycles. The van der Waals surface area contributed by atoms with Crippen molar-refractivity contribution in [3.8, 4) is 0 Å². The minimum absolute atomic E-state index is 0.674. The van der Waals surface area contributed by atoms with E-state index in [1.165, 1.54) is 6.92 Å². The average Bonchev–Trinajstić information content (AvgIpc) is 1.82. The van der Waals surface area contributed by atoms with E-state index in [4.69, 9.17) is 10.8 Å². The minimum Gasteiger partial charge on any atom is -0.480 e. The lowest BCUT2D eigenvalue weighted by Crippen LogP contribution is -2.64. The number of hydrogen-bond donors (Lipinski definition) is 3. The Labute approximate surface area is 72.4 Å². The molecule has 0 radical (unpaired) electrons. The molecule has 0 rings (SSSR count). The zero-order chi connectivity index (χ0) is 10.2. The van der Waals surface area contributed by atoms with Gasteiger partial charge in [-0.25, -0.2) is 0 Å². The second-order valence-electron chi connectivity index (χ2n) is 4.10. The molecule has 0 spiro atoms. The smallest absolute Gasteiger partial charge is 0.326 e. The number of carboxylic acids is 1. The van der Waals surface area contributed by atoms with Gasteiger partial charge in [-0.1, -0.05) is 20.8 Å². The van der Waals surface area contributed by atoms with Gasteiger partial charge in [0.05, 0.1) is 6.10 Å². The summed E-state index contributed by atoms with van der Waals surface area (Å²) in [5.41, 5.74) is 3.35. The van der Waals surface area contributed by atoms with E-state index in [1.54, 1.807) is 20.8 Å².